The molecule has 5 nitrogen and oxygen atoms in total. The summed E-state index contributed by atoms with van der Waals surface area (Å²) >= 11 is 0. The minimum absolute atomic E-state index is 0.324. The maximum Gasteiger partial charge on any atom is 0.289 e. The monoisotopic (exact) mass is 241 g/mol. The molecule has 0 spiro atoms. The zero-order valence-corrected chi connectivity index (χ0v) is 9.48. The Bertz CT molecular complexity index is 545. The SMILES string of the molecule is O=C(N/N=C/C=C/c1ccco1)c1ccccn1. The van der Waals surface area contributed by atoms with Crippen LogP contribution >= 0.6 is 0 Å². The third-order valence-electron chi connectivity index (χ3n) is 2.03. The van der Waals surface area contributed by atoms with E-state index in [2.05, 4.69) is 15.5 Å². The number of hydrogen-bond acceptors (Lipinski definition) is 4. The molecule has 2 aromatic rings. The molecule has 0 unspecified atom stereocenters. The topological polar surface area (TPSA) is 67.5 Å². The van der Waals surface area contributed by atoms with Gasteiger partial charge in [-0.15, -0.1) is 0 Å². The molecule has 0 fully saturated rings. The van der Waals surface area contributed by atoms with E-state index in [0.29, 0.717) is 5.69 Å². The summed E-state index contributed by atoms with van der Waals surface area (Å²) in [5.41, 5.74) is 2.69. The van der Waals surface area contributed by atoms with Crippen molar-refractivity contribution in [2.45, 2.75) is 0 Å². The van der Waals surface area contributed by atoms with Gasteiger partial charge in [-0.2, -0.15) is 5.10 Å². The summed E-state index contributed by atoms with van der Waals surface area (Å²) in [6.45, 7) is 0. The Labute approximate surface area is 104 Å². The van der Waals surface area contributed by atoms with Crippen LogP contribution in [0, 0.1) is 0 Å². The summed E-state index contributed by atoms with van der Waals surface area (Å²) in [7, 11) is 0. The number of rotatable bonds is 4. The molecule has 0 aromatic carbocycles. The van der Waals surface area contributed by atoms with E-state index in [9.17, 15) is 4.79 Å². The fraction of sp³-hybridized carbons (Fsp3) is 0. The molecule has 1 N–H and O–H groups in total. The Morgan fingerprint density at radius 3 is 3.00 bits per heavy atom. The molecular formula is C13H11N3O2. The number of carbonyl (C=O) groups is 1. The summed E-state index contributed by atoms with van der Waals surface area (Å²) in [6, 6.07) is 8.70. The van der Waals surface area contributed by atoms with Crippen molar-refractivity contribution in [3.63, 3.8) is 0 Å². The average Bonchev–Trinajstić information content (AvgIpc) is 2.92. The van der Waals surface area contributed by atoms with Gasteiger partial charge in [0.1, 0.15) is 11.5 Å². The number of hydrogen-bond donors (Lipinski definition) is 1. The predicted molar refractivity (Wildman–Crippen MR) is 67.9 cm³/mol. The van der Waals surface area contributed by atoms with Crippen LogP contribution in [0.2, 0.25) is 0 Å². The van der Waals surface area contributed by atoms with Crippen LogP contribution in [0.5, 0.6) is 0 Å². The molecule has 0 saturated heterocycles. The van der Waals surface area contributed by atoms with E-state index >= 15 is 0 Å². The molecule has 0 aliphatic heterocycles. The second-order valence-electron chi connectivity index (χ2n) is 3.31. The first-order valence-corrected chi connectivity index (χ1v) is 5.31. The average molecular weight is 241 g/mol. The van der Waals surface area contributed by atoms with Gasteiger partial charge in [0.2, 0.25) is 0 Å². The van der Waals surface area contributed by atoms with E-state index in [0.717, 1.165) is 5.76 Å². The van der Waals surface area contributed by atoms with Gasteiger partial charge in [-0.05, 0) is 36.4 Å². The zero-order valence-electron chi connectivity index (χ0n) is 9.48. The molecule has 2 heterocycles. The lowest BCUT2D eigenvalue weighted by Gasteiger charge is -1.96. The molecular weight excluding hydrogens is 230 g/mol. The molecule has 0 saturated carbocycles. The highest BCUT2D eigenvalue weighted by Gasteiger charge is 2.02. The van der Waals surface area contributed by atoms with Crippen LogP contribution in [-0.4, -0.2) is 17.1 Å². The summed E-state index contributed by atoms with van der Waals surface area (Å²) in [6.07, 6.45) is 7.99. The number of allylic oxidation sites excluding steroid dienone is 1. The highest BCUT2D eigenvalue weighted by Crippen LogP contribution is 2.00. The van der Waals surface area contributed by atoms with Crippen LogP contribution in [0.1, 0.15) is 16.2 Å². The molecule has 0 aliphatic rings. The first-order chi connectivity index (χ1) is 8.86. The second kappa shape index (κ2) is 6.15. The van der Waals surface area contributed by atoms with Crippen LogP contribution in [0.4, 0.5) is 0 Å². The van der Waals surface area contributed by atoms with Gasteiger partial charge in [-0.25, -0.2) is 5.43 Å². The van der Waals surface area contributed by atoms with Crippen molar-refractivity contribution in [1.82, 2.24) is 10.4 Å². The maximum absolute atomic E-state index is 11.5. The van der Waals surface area contributed by atoms with Crippen LogP contribution in [0.15, 0.2) is 58.4 Å². The number of aromatic nitrogens is 1. The van der Waals surface area contributed by atoms with Crippen molar-refractivity contribution < 1.29 is 9.21 Å². The lowest BCUT2D eigenvalue weighted by molar-refractivity contribution is 0.0950. The van der Waals surface area contributed by atoms with Gasteiger partial charge in [0.15, 0.2) is 0 Å². The van der Waals surface area contributed by atoms with Crippen molar-refractivity contribution in [2.75, 3.05) is 0 Å². The second-order valence-corrected chi connectivity index (χ2v) is 3.31. The molecule has 0 aliphatic carbocycles. The van der Waals surface area contributed by atoms with Gasteiger partial charge in [0.25, 0.3) is 5.91 Å². The summed E-state index contributed by atoms with van der Waals surface area (Å²) in [5, 5.41) is 3.75. The van der Waals surface area contributed by atoms with Crippen LogP contribution in [0.25, 0.3) is 6.08 Å². The van der Waals surface area contributed by atoms with Gasteiger partial charge >= 0.3 is 0 Å². The Hall–Kier alpha value is -2.69. The lowest BCUT2D eigenvalue weighted by Crippen LogP contribution is -2.18. The minimum Gasteiger partial charge on any atom is -0.465 e. The van der Waals surface area contributed by atoms with Crippen LogP contribution in [-0.2, 0) is 0 Å². The first-order valence-electron chi connectivity index (χ1n) is 5.31. The third kappa shape index (κ3) is 3.41. The highest BCUT2D eigenvalue weighted by molar-refractivity contribution is 5.92. The molecule has 5 heteroatoms. The Morgan fingerprint density at radius 2 is 2.28 bits per heavy atom. The van der Waals surface area contributed by atoms with Crippen molar-refractivity contribution in [3.05, 3.63) is 60.3 Å². The smallest absolute Gasteiger partial charge is 0.289 e. The molecule has 18 heavy (non-hydrogen) atoms. The molecule has 0 atom stereocenters. The number of hydrazone groups is 1. The maximum atomic E-state index is 11.5. The van der Waals surface area contributed by atoms with E-state index < -0.39 is 0 Å². The van der Waals surface area contributed by atoms with E-state index in [4.69, 9.17) is 4.42 Å². The van der Waals surface area contributed by atoms with Gasteiger partial charge in [0.05, 0.1) is 6.26 Å². The van der Waals surface area contributed by atoms with Gasteiger partial charge in [-0.1, -0.05) is 6.07 Å². The molecule has 2 aromatic heterocycles. The van der Waals surface area contributed by atoms with Gasteiger partial charge < -0.3 is 4.42 Å². The molecule has 90 valence electrons. The number of pyridine rings is 1. The molecule has 2 rings (SSSR count). The molecule has 1 amide bonds. The number of nitrogens with zero attached hydrogens (tertiary/aromatic N) is 2. The Morgan fingerprint density at radius 1 is 1.33 bits per heavy atom. The lowest BCUT2D eigenvalue weighted by atomic mass is 10.3. The molecule has 0 bridgehead atoms. The highest BCUT2D eigenvalue weighted by atomic mass is 16.3. The number of carbonyl (C=O) groups excluding carboxylic acids is 1. The van der Waals surface area contributed by atoms with E-state index in [-0.39, 0.29) is 5.91 Å². The fourth-order valence-corrected chi connectivity index (χ4v) is 1.22. The van der Waals surface area contributed by atoms with Crippen molar-refractivity contribution in [1.29, 1.82) is 0 Å². The predicted octanol–water partition coefficient (Wildman–Crippen LogP) is 2.10. The quantitative estimate of drug-likeness (QED) is 0.658. The number of nitrogens with one attached hydrogen (secondary N) is 1. The van der Waals surface area contributed by atoms with Crippen molar-refractivity contribution in [2.24, 2.45) is 5.10 Å². The third-order valence-corrected chi connectivity index (χ3v) is 2.03. The Balaban J connectivity index is 1.83. The number of amides is 1. The minimum atomic E-state index is -0.349. The Kier molecular flexibility index (Phi) is 4.02. The first kappa shape index (κ1) is 11.8. The summed E-state index contributed by atoms with van der Waals surface area (Å²) < 4.78 is 5.08. The summed E-state index contributed by atoms with van der Waals surface area (Å²) in [5.74, 6) is 0.371. The van der Waals surface area contributed by atoms with Gasteiger partial charge in [0, 0.05) is 12.4 Å². The van der Waals surface area contributed by atoms with Crippen LogP contribution < -0.4 is 5.43 Å². The van der Waals surface area contributed by atoms with E-state index in [1.807, 2.05) is 6.07 Å². The van der Waals surface area contributed by atoms with Crippen molar-refractivity contribution >= 4 is 18.2 Å². The fourth-order valence-electron chi connectivity index (χ4n) is 1.22. The normalized spacial score (nSPS) is 11.1. The largest absolute Gasteiger partial charge is 0.465 e. The van der Waals surface area contributed by atoms with E-state index in [1.165, 1.54) is 6.21 Å². The van der Waals surface area contributed by atoms with Gasteiger partial charge in [-0.3, -0.25) is 9.78 Å². The molecule has 0 radical (unpaired) electrons. The summed E-state index contributed by atoms with van der Waals surface area (Å²) in [4.78, 5) is 15.4. The van der Waals surface area contributed by atoms with Crippen molar-refractivity contribution in [3.8, 4) is 0 Å². The standard InChI is InChI=1S/C13H11N3O2/c17-13(12-7-1-2-8-14-12)16-15-9-3-5-11-6-4-10-18-11/h1-10H,(H,16,17)/b5-3+,15-9+. The van der Waals surface area contributed by atoms with E-state index in [1.54, 1.807) is 48.9 Å². The zero-order chi connectivity index (χ0) is 12.6. The van der Waals surface area contributed by atoms with Crippen LogP contribution in [0.3, 0.4) is 0 Å². The number of furan rings is 1.